The van der Waals surface area contributed by atoms with E-state index in [1.54, 1.807) is 6.07 Å². The van der Waals surface area contributed by atoms with Crippen molar-refractivity contribution in [2.75, 3.05) is 19.3 Å². The van der Waals surface area contributed by atoms with Crippen LogP contribution in [0.3, 0.4) is 0 Å². The van der Waals surface area contributed by atoms with Crippen molar-refractivity contribution in [3.05, 3.63) is 34.9 Å². The lowest BCUT2D eigenvalue weighted by molar-refractivity contribution is -0.125. The summed E-state index contributed by atoms with van der Waals surface area (Å²) >= 11 is 5.92. The van der Waals surface area contributed by atoms with Crippen molar-refractivity contribution >= 4 is 27.5 Å². The Morgan fingerprint density at radius 3 is 2.86 bits per heavy atom. The first-order valence-electron chi connectivity index (χ1n) is 7.37. The maximum atomic E-state index is 12.3. The fourth-order valence-corrected chi connectivity index (χ4v) is 4.04. The van der Waals surface area contributed by atoms with Gasteiger partial charge in [0, 0.05) is 18.1 Å². The molecule has 1 amide bonds. The summed E-state index contributed by atoms with van der Waals surface area (Å²) in [5.41, 5.74) is 1.04. The number of nitrogens with one attached hydrogen (secondary N) is 1. The number of nitrogens with zero attached hydrogens (tertiary/aromatic N) is 1. The standard InChI is InChI=1S/C15H21ClN2O3S/c1-22(20,21)18-10-3-2-7-14(18)15(19)17-9-8-12-5-4-6-13(16)11-12/h4-6,11,14H,2-3,7-10H2,1H3,(H,17,19). The molecule has 1 aromatic rings. The van der Waals surface area contributed by atoms with Crippen LogP contribution >= 0.6 is 11.6 Å². The van der Waals surface area contributed by atoms with Gasteiger partial charge in [-0.1, -0.05) is 30.2 Å². The number of carbonyl (C=O) groups is 1. The summed E-state index contributed by atoms with van der Waals surface area (Å²) in [6.45, 7) is 0.887. The van der Waals surface area contributed by atoms with Crippen LogP contribution in [0.4, 0.5) is 0 Å². The van der Waals surface area contributed by atoms with Crippen LogP contribution < -0.4 is 5.32 Å². The van der Waals surface area contributed by atoms with E-state index in [0.29, 0.717) is 31.0 Å². The van der Waals surface area contributed by atoms with Crippen LogP contribution in [0.5, 0.6) is 0 Å². The van der Waals surface area contributed by atoms with Crippen molar-refractivity contribution in [3.8, 4) is 0 Å². The molecule has 0 bridgehead atoms. The second-order valence-corrected chi connectivity index (χ2v) is 7.93. The summed E-state index contributed by atoms with van der Waals surface area (Å²) in [6.07, 6.45) is 4.08. The van der Waals surface area contributed by atoms with E-state index < -0.39 is 16.1 Å². The van der Waals surface area contributed by atoms with Crippen LogP contribution in [0.2, 0.25) is 5.02 Å². The number of piperidine rings is 1. The van der Waals surface area contributed by atoms with Crippen molar-refractivity contribution in [2.24, 2.45) is 0 Å². The third-order valence-electron chi connectivity index (χ3n) is 3.78. The van der Waals surface area contributed by atoms with E-state index in [0.717, 1.165) is 24.7 Å². The predicted molar refractivity (Wildman–Crippen MR) is 87.4 cm³/mol. The van der Waals surface area contributed by atoms with Crippen molar-refractivity contribution in [1.29, 1.82) is 0 Å². The van der Waals surface area contributed by atoms with Crippen LogP contribution in [-0.2, 0) is 21.2 Å². The van der Waals surface area contributed by atoms with Crippen LogP contribution in [0.15, 0.2) is 24.3 Å². The SMILES string of the molecule is CS(=O)(=O)N1CCCCC1C(=O)NCCc1cccc(Cl)c1. The maximum Gasteiger partial charge on any atom is 0.238 e. The van der Waals surface area contributed by atoms with Gasteiger partial charge < -0.3 is 5.32 Å². The molecule has 7 heteroatoms. The molecule has 1 fully saturated rings. The van der Waals surface area contributed by atoms with Gasteiger partial charge in [-0.3, -0.25) is 4.79 Å². The zero-order valence-electron chi connectivity index (χ0n) is 12.6. The van der Waals surface area contributed by atoms with E-state index in [2.05, 4.69) is 5.32 Å². The van der Waals surface area contributed by atoms with Gasteiger partial charge in [0.1, 0.15) is 6.04 Å². The van der Waals surface area contributed by atoms with E-state index in [4.69, 9.17) is 11.6 Å². The molecule has 2 rings (SSSR count). The van der Waals surface area contributed by atoms with Crippen LogP contribution in [-0.4, -0.2) is 44.0 Å². The minimum atomic E-state index is -3.35. The van der Waals surface area contributed by atoms with E-state index in [9.17, 15) is 13.2 Å². The number of amides is 1. The van der Waals surface area contributed by atoms with Crippen molar-refractivity contribution in [1.82, 2.24) is 9.62 Å². The molecule has 0 saturated carbocycles. The molecule has 1 N–H and O–H groups in total. The van der Waals surface area contributed by atoms with E-state index in [1.165, 1.54) is 4.31 Å². The van der Waals surface area contributed by atoms with Crippen LogP contribution in [0, 0.1) is 0 Å². The molecule has 0 aromatic heterocycles. The largest absolute Gasteiger partial charge is 0.354 e. The molecule has 0 aliphatic carbocycles. The monoisotopic (exact) mass is 344 g/mol. The molecule has 5 nitrogen and oxygen atoms in total. The zero-order chi connectivity index (χ0) is 16.2. The van der Waals surface area contributed by atoms with Crippen molar-refractivity contribution in [2.45, 2.75) is 31.7 Å². The molecule has 1 aromatic carbocycles. The number of rotatable bonds is 5. The molecule has 0 radical (unpaired) electrons. The van der Waals surface area contributed by atoms with Crippen LogP contribution in [0.25, 0.3) is 0 Å². The fourth-order valence-electron chi connectivity index (χ4n) is 2.70. The highest BCUT2D eigenvalue weighted by molar-refractivity contribution is 7.88. The molecule has 1 aliphatic heterocycles. The van der Waals surface area contributed by atoms with Crippen LogP contribution in [0.1, 0.15) is 24.8 Å². The van der Waals surface area contributed by atoms with E-state index in [-0.39, 0.29) is 5.91 Å². The van der Waals surface area contributed by atoms with Crippen molar-refractivity contribution in [3.63, 3.8) is 0 Å². The number of carbonyl (C=O) groups excluding carboxylic acids is 1. The number of hydrogen-bond donors (Lipinski definition) is 1. The van der Waals surface area contributed by atoms with Gasteiger partial charge >= 0.3 is 0 Å². The lowest BCUT2D eigenvalue weighted by Gasteiger charge is -2.32. The highest BCUT2D eigenvalue weighted by Gasteiger charge is 2.34. The fraction of sp³-hybridized carbons (Fsp3) is 0.533. The minimum absolute atomic E-state index is 0.216. The third kappa shape index (κ3) is 4.69. The quantitative estimate of drug-likeness (QED) is 0.886. The summed E-state index contributed by atoms with van der Waals surface area (Å²) in [6, 6.07) is 6.89. The van der Waals surface area contributed by atoms with Gasteiger partial charge in [-0.05, 0) is 37.0 Å². The second-order valence-electron chi connectivity index (χ2n) is 5.56. The summed E-state index contributed by atoms with van der Waals surface area (Å²) in [7, 11) is -3.35. The molecule has 1 aliphatic rings. The Bertz CT molecular complexity index is 633. The number of sulfonamides is 1. The molecule has 1 heterocycles. The van der Waals surface area contributed by atoms with E-state index >= 15 is 0 Å². The highest BCUT2D eigenvalue weighted by Crippen LogP contribution is 2.20. The zero-order valence-corrected chi connectivity index (χ0v) is 14.2. The van der Waals surface area contributed by atoms with Gasteiger partial charge in [0.05, 0.1) is 6.26 Å². The topological polar surface area (TPSA) is 66.5 Å². The number of halogens is 1. The third-order valence-corrected chi connectivity index (χ3v) is 5.31. The molecule has 1 atom stereocenters. The summed E-state index contributed by atoms with van der Waals surface area (Å²) < 4.78 is 24.8. The first-order chi connectivity index (χ1) is 10.4. The van der Waals surface area contributed by atoms with Gasteiger partial charge in [0.25, 0.3) is 0 Å². The Morgan fingerprint density at radius 1 is 1.41 bits per heavy atom. The average molecular weight is 345 g/mol. The summed E-state index contributed by atoms with van der Waals surface area (Å²) in [5.74, 6) is -0.216. The molecule has 22 heavy (non-hydrogen) atoms. The maximum absolute atomic E-state index is 12.3. The Labute approximate surface area is 136 Å². The first-order valence-corrected chi connectivity index (χ1v) is 9.59. The first kappa shape index (κ1) is 17.2. The Balaban J connectivity index is 1.90. The second kappa shape index (κ2) is 7.44. The summed E-state index contributed by atoms with van der Waals surface area (Å²) in [5, 5.41) is 3.50. The van der Waals surface area contributed by atoms with Gasteiger partial charge in [0.15, 0.2) is 0 Å². The highest BCUT2D eigenvalue weighted by atomic mass is 35.5. The molecule has 1 unspecified atom stereocenters. The molecule has 122 valence electrons. The van der Waals surface area contributed by atoms with Crippen molar-refractivity contribution < 1.29 is 13.2 Å². The molecular formula is C15H21ClN2O3S. The van der Waals surface area contributed by atoms with Gasteiger partial charge in [-0.15, -0.1) is 0 Å². The molecule has 0 spiro atoms. The summed E-state index contributed by atoms with van der Waals surface area (Å²) in [4.78, 5) is 12.3. The normalized spacial score (nSPS) is 19.8. The van der Waals surface area contributed by atoms with Gasteiger partial charge in [-0.25, -0.2) is 8.42 Å². The lowest BCUT2D eigenvalue weighted by atomic mass is 10.0. The Morgan fingerprint density at radius 2 is 2.18 bits per heavy atom. The average Bonchev–Trinajstić information content (AvgIpc) is 2.46. The predicted octanol–water partition coefficient (Wildman–Crippen LogP) is 1.81. The van der Waals surface area contributed by atoms with E-state index in [1.807, 2.05) is 18.2 Å². The minimum Gasteiger partial charge on any atom is -0.354 e. The van der Waals surface area contributed by atoms with Gasteiger partial charge in [0.2, 0.25) is 15.9 Å². The molecule has 1 saturated heterocycles. The Hall–Kier alpha value is -1.11. The molecular weight excluding hydrogens is 324 g/mol. The lowest BCUT2D eigenvalue weighted by Crippen LogP contribution is -2.51. The number of hydrogen-bond acceptors (Lipinski definition) is 3. The number of benzene rings is 1. The Kier molecular flexibility index (Phi) is 5.83. The van der Waals surface area contributed by atoms with Gasteiger partial charge in [-0.2, -0.15) is 4.31 Å². The smallest absolute Gasteiger partial charge is 0.238 e.